The zero-order chi connectivity index (χ0) is 11.8. The number of hydrogen-bond acceptors (Lipinski definition) is 2. The zero-order valence-corrected chi connectivity index (χ0v) is 9.56. The van der Waals surface area contributed by atoms with Crippen LogP contribution < -0.4 is 5.32 Å². The molecular weight excluding hydrogens is 214 g/mol. The number of hydrogen-bond donors (Lipinski definition) is 1. The van der Waals surface area contributed by atoms with Crippen LogP contribution in [0.25, 0.3) is 0 Å². The fourth-order valence-electron chi connectivity index (χ4n) is 2.86. The summed E-state index contributed by atoms with van der Waals surface area (Å²) in [4.78, 5) is 22.6. The summed E-state index contributed by atoms with van der Waals surface area (Å²) < 4.78 is 0. The molecule has 3 nitrogen and oxygen atoms in total. The van der Waals surface area contributed by atoms with Crippen LogP contribution in [0.2, 0.25) is 0 Å². The minimum absolute atomic E-state index is 0.111. The van der Waals surface area contributed by atoms with Gasteiger partial charge in [-0.05, 0) is 43.2 Å². The third-order valence-electron chi connectivity index (χ3n) is 3.90. The van der Waals surface area contributed by atoms with Gasteiger partial charge >= 0.3 is 0 Å². The Bertz CT molecular complexity index is 459. The molecule has 2 unspecified atom stereocenters. The molecule has 0 spiro atoms. The van der Waals surface area contributed by atoms with E-state index < -0.39 is 0 Å². The van der Waals surface area contributed by atoms with Crippen molar-refractivity contribution < 1.29 is 9.59 Å². The average molecular weight is 229 g/mol. The molecule has 0 bridgehead atoms. The summed E-state index contributed by atoms with van der Waals surface area (Å²) in [6, 6.07) is 7.04. The Labute approximate surface area is 100 Å². The van der Waals surface area contributed by atoms with Crippen LogP contribution in [0.1, 0.15) is 29.6 Å². The highest BCUT2D eigenvalue weighted by molar-refractivity contribution is 5.93. The van der Waals surface area contributed by atoms with Gasteiger partial charge in [-0.2, -0.15) is 0 Å². The van der Waals surface area contributed by atoms with E-state index in [1.807, 2.05) is 6.07 Å². The Kier molecular flexibility index (Phi) is 2.46. The number of anilines is 1. The lowest BCUT2D eigenvalue weighted by atomic mass is 10.0. The van der Waals surface area contributed by atoms with Gasteiger partial charge in [-0.15, -0.1) is 0 Å². The highest BCUT2D eigenvalue weighted by Gasteiger charge is 2.47. The molecule has 2 aliphatic carbocycles. The molecule has 3 heteroatoms. The standard InChI is InChI=1S/C14H15NO2/c16-8-9-2-1-3-13(4-9)15-14(17)12-6-10-5-11(10)7-12/h1-4,8,10-12H,5-7H2,(H,15,17). The third kappa shape index (κ3) is 2.09. The first-order chi connectivity index (χ1) is 8.26. The second kappa shape index (κ2) is 3.99. The molecule has 0 saturated heterocycles. The molecule has 1 amide bonds. The number of fused-ring (bicyclic) bond motifs is 1. The van der Waals surface area contributed by atoms with E-state index in [9.17, 15) is 9.59 Å². The van der Waals surface area contributed by atoms with Crippen LogP contribution in [0.3, 0.4) is 0 Å². The van der Waals surface area contributed by atoms with Crippen molar-refractivity contribution in [3.63, 3.8) is 0 Å². The predicted molar refractivity (Wildman–Crippen MR) is 64.8 cm³/mol. The van der Waals surface area contributed by atoms with Crippen molar-refractivity contribution in [2.24, 2.45) is 17.8 Å². The summed E-state index contributed by atoms with van der Waals surface area (Å²) in [6.45, 7) is 0. The Morgan fingerprint density at radius 2 is 2.00 bits per heavy atom. The smallest absolute Gasteiger partial charge is 0.227 e. The first-order valence-corrected chi connectivity index (χ1v) is 6.12. The molecule has 2 atom stereocenters. The van der Waals surface area contributed by atoms with Crippen LogP contribution in [0, 0.1) is 17.8 Å². The normalized spacial score (nSPS) is 29.5. The maximum Gasteiger partial charge on any atom is 0.227 e. The van der Waals surface area contributed by atoms with Crippen molar-refractivity contribution in [1.29, 1.82) is 0 Å². The number of carbonyl (C=O) groups is 2. The molecule has 1 aromatic rings. The van der Waals surface area contributed by atoms with Crippen molar-refractivity contribution in [2.45, 2.75) is 19.3 Å². The van der Waals surface area contributed by atoms with Crippen LogP contribution in [0.5, 0.6) is 0 Å². The van der Waals surface area contributed by atoms with E-state index in [-0.39, 0.29) is 11.8 Å². The summed E-state index contributed by atoms with van der Waals surface area (Å²) in [5.41, 5.74) is 1.32. The van der Waals surface area contributed by atoms with Gasteiger partial charge < -0.3 is 5.32 Å². The van der Waals surface area contributed by atoms with Gasteiger partial charge in [0, 0.05) is 17.2 Å². The van der Waals surface area contributed by atoms with E-state index >= 15 is 0 Å². The molecule has 17 heavy (non-hydrogen) atoms. The number of rotatable bonds is 3. The first kappa shape index (κ1) is 10.5. The molecule has 2 fully saturated rings. The number of benzene rings is 1. The zero-order valence-electron chi connectivity index (χ0n) is 9.56. The minimum Gasteiger partial charge on any atom is -0.326 e. The van der Waals surface area contributed by atoms with Crippen molar-refractivity contribution >= 4 is 17.9 Å². The van der Waals surface area contributed by atoms with E-state index in [0.29, 0.717) is 5.56 Å². The molecule has 2 aliphatic rings. The Morgan fingerprint density at radius 1 is 1.24 bits per heavy atom. The van der Waals surface area contributed by atoms with Crippen LogP contribution in [0.15, 0.2) is 24.3 Å². The SMILES string of the molecule is O=Cc1cccc(NC(=O)C2CC3CC3C2)c1. The quantitative estimate of drug-likeness (QED) is 0.809. The molecule has 0 heterocycles. The lowest BCUT2D eigenvalue weighted by molar-refractivity contribution is -0.120. The van der Waals surface area contributed by atoms with Crippen LogP contribution in [-0.4, -0.2) is 12.2 Å². The van der Waals surface area contributed by atoms with Crippen molar-refractivity contribution in [2.75, 3.05) is 5.32 Å². The molecule has 2 saturated carbocycles. The van der Waals surface area contributed by atoms with Crippen LogP contribution >= 0.6 is 0 Å². The monoisotopic (exact) mass is 229 g/mol. The molecule has 0 aliphatic heterocycles. The average Bonchev–Trinajstić information content (AvgIpc) is 2.96. The number of amides is 1. The Hall–Kier alpha value is -1.64. The Morgan fingerprint density at radius 3 is 2.71 bits per heavy atom. The minimum atomic E-state index is 0.111. The maximum absolute atomic E-state index is 12.0. The van der Waals surface area contributed by atoms with Crippen molar-refractivity contribution in [1.82, 2.24) is 0 Å². The van der Waals surface area contributed by atoms with Crippen LogP contribution in [-0.2, 0) is 4.79 Å². The van der Waals surface area contributed by atoms with Gasteiger partial charge in [0.05, 0.1) is 0 Å². The summed E-state index contributed by atoms with van der Waals surface area (Å²) in [7, 11) is 0. The second-order valence-electron chi connectivity index (χ2n) is 5.16. The van der Waals surface area contributed by atoms with Gasteiger partial charge in [0.15, 0.2) is 0 Å². The predicted octanol–water partition coefficient (Wildman–Crippen LogP) is 2.48. The molecule has 1 aromatic carbocycles. The maximum atomic E-state index is 12.0. The summed E-state index contributed by atoms with van der Waals surface area (Å²) >= 11 is 0. The number of aldehydes is 1. The van der Waals surface area contributed by atoms with E-state index in [4.69, 9.17) is 0 Å². The van der Waals surface area contributed by atoms with Gasteiger partial charge in [-0.1, -0.05) is 12.1 Å². The second-order valence-corrected chi connectivity index (χ2v) is 5.16. The fraction of sp³-hybridized carbons (Fsp3) is 0.429. The van der Waals surface area contributed by atoms with Gasteiger partial charge in [0.1, 0.15) is 6.29 Å². The third-order valence-corrected chi connectivity index (χ3v) is 3.90. The van der Waals surface area contributed by atoms with Crippen molar-refractivity contribution in [3.05, 3.63) is 29.8 Å². The fourth-order valence-corrected chi connectivity index (χ4v) is 2.86. The Balaban J connectivity index is 1.65. The molecule has 3 rings (SSSR count). The van der Waals surface area contributed by atoms with Gasteiger partial charge in [0.25, 0.3) is 0 Å². The molecule has 1 N–H and O–H groups in total. The van der Waals surface area contributed by atoms with E-state index in [1.165, 1.54) is 6.42 Å². The summed E-state index contributed by atoms with van der Waals surface area (Å²) in [6.07, 6.45) is 4.21. The van der Waals surface area contributed by atoms with E-state index in [0.717, 1.165) is 36.7 Å². The summed E-state index contributed by atoms with van der Waals surface area (Å²) in [5, 5.41) is 2.90. The van der Waals surface area contributed by atoms with Crippen molar-refractivity contribution in [3.8, 4) is 0 Å². The van der Waals surface area contributed by atoms with Gasteiger partial charge in [0.2, 0.25) is 5.91 Å². The number of carbonyl (C=O) groups excluding carboxylic acids is 2. The molecule has 0 radical (unpaired) electrons. The topological polar surface area (TPSA) is 46.2 Å². The molecule has 0 aromatic heterocycles. The van der Waals surface area contributed by atoms with Gasteiger partial charge in [-0.25, -0.2) is 0 Å². The van der Waals surface area contributed by atoms with E-state index in [2.05, 4.69) is 5.32 Å². The molecule has 88 valence electrons. The molecular formula is C14H15NO2. The first-order valence-electron chi connectivity index (χ1n) is 6.12. The highest BCUT2D eigenvalue weighted by atomic mass is 16.1. The van der Waals surface area contributed by atoms with Crippen LogP contribution in [0.4, 0.5) is 5.69 Å². The lowest BCUT2D eigenvalue weighted by Crippen LogP contribution is -2.21. The van der Waals surface area contributed by atoms with E-state index in [1.54, 1.807) is 18.2 Å². The number of nitrogens with one attached hydrogen (secondary N) is 1. The lowest BCUT2D eigenvalue weighted by Gasteiger charge is -2.12. The highest BCUT2D eigenvalue weighted by Crippen LogP contribution is 2.54. The summed E-state index contributed by atoms with van der Waals surface area (Å²) in [5.74, 6) is 1.91. The van der Waals surface area contributed by atoms with Gasteiger partial charge in [-0.3, -0.25) is 9.59 Å². The largest absolute Gasteiger partial charge is 0.326 e.